The number of nitrogens with one attached hydrogen (secondary N) is 1. The van der Waals surface area contributed by atoms with Crippen LogP contribution in [0.3, 0.4) is 0 Å². The van der Waals surface area contributed by atoms with Crippen LogP contribution in [0, 0.1) is 0 Å². The van der Waals surface area contributed by atoms with Gasteiger partial charge in [-0.1, -0.05) is 48.5 Å². The van der Waals surface area contributed by atoms with Crippen molar-refractivity contribution < 1.29 is 9.53 Å². The standard InChI is InChI=1S/C25H28N2O2.ClH/c1-27(2)17-16-24(22-12-11-20-6-4-5-7-21(20)18-22)26-25(28)15-10-19-8-13-23(29-3)14-9-19;/h4-15,18,24H,16-17H2,1-3H3,(H,26,28);1H. The molecule has 0 saturated carbocycles. The monoisotopic (exact) mass is 424 g/mol. The van der Waals surface area contributed by atoms with Gasteiger partial charge in [-0.2, -0.15) is 0 Å². The Labute approximate surface area is 185 Å². The maximum atomic E-state index is 12.6. The zero-order valence-corrected chi connectivity index (χ0v) is 18.5. The van der Waals surface area contributed by atoms with Crippen molar-refractivity contribution in [2.45, 2.75) is 12.5 Å². The van der Waals surface area contributed by atoms with E-state index >= 15 is 0 Å². The molecular weight excluding hydrogens is 396 g/mol. The normalized spacial score (nSPS) is 12.0. The molecule has 1 unspecified atom stereocenters. The van der Waals surface area contributed by atoms with E-state index in [0.717, 1.165) is 29.8 Å². The maximum Gasteiger partial charge on any atom is 0.244 e. The minimum atomic E-state index is -0.0993. The van der Waals surface area contributed by atoms with Gasteiger partial charge < -0.3 is 15.0 Å². The van der Waals surface area contributed by atoms with Crippen molar-refractivity contribution >= 4 is 35.2 Å². The number of halogens is 1. The van der Waals surface area contributed by atoms with Crippen LogP contribution in [-0.4, -0.2) is 38.6 Å². The SMILES string of the molecule is COc1ccc(C=CC(=O)NC(CCN(C)C)c2ccc3ccccc3c2)cc1.Cl. The third kappa shape index (κ3) is 6.61. The van der Waals surface area contributed by atoms with E-state index < -0.39 is 0 Å². The number of ether oxygens (including phenoxy) is 1. The van der Waals surface area contributed by atoms with Crippen LogP contribution in [0.1, 0.15) is 23.6 Å². The summed E-state index contributed by atoms with van der Waals surface area (Å²) < 4.78 is 5.17. The zero-order valence-electron chi connectivity index (χ0n) is 17.7. The Balaban J connectivity index is 0.00000320. The quantitative estimate of drug-likeness (QED) is 0.512. The van der Waals surface area contributed by atoms with Crippen LogP contribution in [-0.2, 0) is 4.79 Å². The molecule has 3 aromatic carbocycles. The highest BCUT2D eigenvalue weighted by Gasteiger charge is 2.14. The van der Waals surface area contributed by atoms with E-state index in [4.69, 9.17) is 4.74 Å². The number of fused-ring (bicyclic) bond motifs is 1. The summed E-state index contributed by atoms with van der Waals surface area (Å²) in [6.45, 7) is 0.889. The molecule has 158 valence electrons. The van der Waals surface area contributed by atoms with Crippen molar-refractivity contribution in [2.24, 2.45) is 0 Å². The summed E-state index contributed by atoms with van der Waals surface area (Å²) in [6.07, 6.45) is 4.25. The molecule has 0 heterocycles. The van der Waals surface area contributed by atoms with E-state index in [1.807, 2.05) is 56.6 Å². The highest BCUT2D eigenvalue weighted by molar-refractivity contribution is 5.92. The van der Waals surface area contributed by atoms with Gasteiger partial charge in [-0.3, -0.25) is 4.79 Å². The molecule has 0 aliphatic rings. The zero-order chi connectivity index (χ0) is 20.6. The summed E-state index contributed by atoms with van der Waals surface area (Å²) in [5.41, 5.74) is 2.08. The minimum absolute atomic E-state index is 0. The molecule has 1 amide bonds. The molecule has 0 fully saturated rings. The van der Waals surface area contributed by atoms with Crippen LogP contribution in [0.5, 0.6) is 5.75 Å². The Hall–Kier alpha value is -2.82. The fourth-order valence-electron chi connectivity index (χ4n) is 3.24. The summed E-state index contributed by atoms with van der Waals surface area (Å²) in [6, 6.07) is 22.2. The Morgan fingerprint density at radius 2 is 1.73 bits per heavy atom. The second kappa shape index (κ2) is 11.4. The Bertz CT molecular complexity index is 984. The van der Waals surface area contributed by atoms with E-state index in [0.29, 0.717) is 0 Å². The van der Waals surface area contributed by atoms with Crippen LogP contribution in [0.4, 0.5) is 0 Å². The Morgan fingerprint density at radius 3 is 2.40 bits per heavy atom. The van der Waals surface area contributed by atoms with Crippen molar-refractivity contribution in [3.63, 3.8) is 0 Å². The molecule has 1 atom stereocenters. The minimum Gasteiger partial charge on any atom is -0.497 e. The number of methoxy groups -OCH3 is 1. The van der Waals surface area contributed by atoms with Gasteiger partial charge in [-0.05, 0) is 73.2 Å². The number of amides is 1. The highest BCUT2D eigenvalue weighted by Crippen LogP contribution is 2.23. The number of carbonyl (C=O) groups excluding carboxylic acids is 1. The molecule has 0 spiro atoms. The van der Waals surface area contributed by atoms with Gasteiger partial charge >= 0.3 is 0 Å². The molecule has 3 aromatic rings. The molecule has 1 N–H and O–H groups in total. The average Bonchev–Trinajstić information content (AvgIpc) is 2.75. The van der Waals surface area contributed by atoms with Gasteiger partial charge in [0.2, 0.25) is 5.91 Å². The van der Waals surface area contributed by atoms with Crippen LogP contribution in [0.15, 0.2) is 72.8 Å². The van der Waals surface area contributed by atoms with Crippen molar-refractivity contribution in [3.05, 3.63) is 83.9 Å². The van der Waals surface area contributed by atoms with Crippen LogP contribution in [0.2, 0.25) is 0 Å². The first-order chi connectivity index (χ1) is 14.0. The van der Waals surface area contributed by atoms with Gasteiger partial charge in [-0.15, -0.1) is 12.4 Å². The average molecular weight is 425 g/mol. The van der Waals surface area contributed by atoms with Gasteiger partial charge in [0.05, 0.1) is 13.2 Å². The lowest BCUT2D eigenvalue weighted by Crippen LogP contribution is -2.29. The molecule has 0 aliphatic carbocycles. The lowest BCUT2D eigenvalue weighted by Gasteiger charge is -2.21. The van der Waals surface area contributed by atoms with E-state index in [9.17, 15) is 4.79 Å². The van der Waals surface area contributed by atoms with Crippen molar-refractivity contribution in [1.82, 2.24) is 10.2 Å². The van der Waals surface area contributed by atoms with Gasteiger partial charge in [0, 0.05) is 6.08 Å². The summed E-state index contributed by atoms with van der Waals surface area (Å²) in [5.74, 6) is 0.699. The number of rotatable bonds is 8. The molecule has 0 aromatic heterocycles. The van der Waals surface area contributed by atoms with Crippen molar-refractivity contribution in [2.75, 3.05) is 27.7 Å². The van der Waals surface area contributed by atoms with E-state index in [1.54, 1.807) is 13.2 Å². The van der Waals surface area contributed by atoms with Crippen LogP contribution >= 0.6 is 12.4 Å². The Morgan fingerprint density at radius 1 is 1.03 bits per heavy atom. The second-order valence-corrected chi connectivity index (χ2v) is 7.37. The van der Waals surface area contributed by atoms with E-state index in [1.165, 1.54) is 10.8 Å². The van der Waals surface area contributed by atoms with Crippen LogP contribution < -0.4 is 10.1 Å². The smallest absolute Gasteiger partial charge is 0.244 e. The molecule has 0 radical (unpaired) electrons. The number of hydrogen-bond donors (Lipinski definition) is 1. The molecular formula is C25H29ClN2O2. The Kier molecular flexibility index (Phi) is 8.90. The van der Waals surface area contributed by atoms with Crippen molar-refractivity contribution in [1.29, 1.82) is 0 Å². The molecule has 3 rings (SSSR count). The first-order valence-corrected chi connectivity index (χ1v) is 9.81. The molecule has 0 saturated heterocycles. The largest absolute Gasteiger partial charge is 0.497 e. The first kappa shape index (κ1) is 23.5. The summed E-state index contributed by atoms with van der Waals surface area (Å²) in [4.78, 5) is 14.7. The fourth-order valence-corrected chi connectivity index (χ4v) is 3.24. The molecule has 0 bridgehead atoms. The lowest BCUT2D eigenvalue weighted by atomic mass is 9.99. The molecule has 0 aliphatic heterocycles. The maximum absolute atomic E-state index is 12.6. The van der Waals surface area contributed by atoms with Gasteiger partial charge in [0.1, 0.15) is 5.75 Å². The third-order valence-electron chi connectivity index (χ3n) is 4.90. The first-order valence-electron chi connectivity index (χ1n) is 9.81. The predicted octanol–water partition coefficient (Wildman–Crippen LogP) is 5.09. The van der Waals surface area contributed by atoms with Gasteiger partial charge in [0.15, 0.2) is 0 Å². The topological polar surface area (TPSA) is 41.6 Å². The lowest BCUT2D eigenvalue weighted by molar-refractivity contribution is -0.117. The molecule has 4 nitrogen and oxygen atoms in total. The van der Waals surface area contributed by atoms with Gasteiger partial charge in [-0.25, -0.2) is 0 Å². The van der Waals surface area contributed by atoms with Crippen molar-refractivity contribution in [3.8, 4) is 5.75 Å². The van der Waals surface area contributed by atoms with E-state index in [2.05, 4.69) is 40.5 Å². The third-order valence-corrected chi connectivity index (χ3v) is 4.90. The number of benzene rings is 3. The number of carbonyl (C=O) groups is 1. The fraction of sp³-hybridized carbons (Fsp3) is 0.240. The molecule has 30 heavy (non-hydrogen) atoms. The summed E-state index contributed by atoms with van der Waals surface area (Å²) in [7, 11) is 5.73. The molecule has 5 heteroatoms. The highest BCUT2D eigenvalue weighted by atomic mass is 35.5. The van der Waals surface area contributed by atoms with Gasteiger partial charge in [0.25, 0.3) is 0 Å². The number of nitrogens with zero attached hydrogens (tertiary/aromatic N) is 1. The van der Waals surface area contributed by atoms with Crippen LogP contribution in [0.25, 0.3) is 16.8 Å². The summed E-state index contributed by atoms with van der Waals surface area (Å²) >= 11 is 0. The second-order valence-electron chi connectivity index (χ2n) is 7.37. The summed E-state index contributed by atoms with van der Waals surface area (Å²) in [5, 5.41) is 5.55. The predicted molar refractivity (Wildman–Crippen MR) is 127 cm³/mol. The van der Waals surface area contributed by atoms with E-state index in [-0.39, 0.29) is 24.4 Å². The number of hydrogen-bond acceptors (Lipinski definition) is 3.